The summed E-state index contributed by atoms with van der Waals surface area (Å²) in [6, 6.07) is 3.14. The Morgan fingerprint density at radius 3 is 3.00 bits per heavy atom. The van der Waals surface area contributed by atoms with Gasteiger partial charge in [0.15, 0.2) is 5.56 Å². The maximum absolute atomic E-state index is 11.2. The fraction of sp³-hybridized carbons (Fsp3) is 0. The maximum Gasteiger partial charge on any atom is 0.270 e. The Bertz CT molecular complexity index is 608. The highest BCUT2D eigenvalue weighted by molar-refractivity contribution is 7.22. The molecule has 0 saturated heterocycles. The molecule has 0 aromatic carbocycles. The molecule has 2 heterocycles. The molecule has 2 aromatic heterocycles. The molecule has 0 spiro atoms. The van der Waals surface area contributed by atoms with Crippen molar-refractivity contribution in [2.45, 2.75) is 0 Å². The van der Waals surface area contributed by atoms with Crippen LogP contribution in [-0.4, -0.2) is 10.1 Å². The zero-order valence-electron chi connectivity index (χ0n) is 6.67. The van der Waals surface area contributed by atoms with E-state index in [1.165, 1.54) is 6.07 Å². The highest BCUT2D eigenvalue weighted by Gasteiger charge is 2.13. The van der Waals surface area contributed by atoms with E-state index in [1.54, 1.807) is 6.07 Å². The maximum atomic E-state index is 11.2. The predicted octanol–water partition coefficient (Wildman–Crippen LogP) is 1.82. The van der Waals surface area contributed by atoms with E-state index in [-0.39, 0.29) is 11.3 Å². The van der Waals surface area contributed by atoms with Crippen LogP contribution in [0.25, 0.3) is 10.2 Å². The zero-order valence-corrected chi connectivity index (χ0v) is 8.24. The Kier molecular flexibility index (Phi) is 1.95. The summed E-state index contributed by atoms with van der Waals surface area (Å²) in [5.41, 5.74) is -0.886. The second kappa shape index (κ2) is 3.01. The molecule has 0 atom stereocenters. The van der Waals surface area contributed by atoms with Gasteiger partial charge in [-0.3, -0.25) is 4.79 Å². The van der Waals surface area contributed by atoms with Crippen LogP contribution in [0.15, 0.2) is 10.9 Å². The molecule has 4 nitrogen and oxygen atoms in total. The van der Waals surface area contributed by atoms with E-state index < -0.39 is 5.56 Å². The summed E-state index contributed by atoms with van der Waals surface area (Å²) in [7, 11) is 0. The van der Waals surface area contributed by atoms with Crippen LogP contribution in [0.5, 0.6) is 5.75 Å². The number of aromatic nitrogens is 1. The minimum absolute atomic E-state index is 0.285. The van der Waals surface area contributed by atoms with Crippen LogP contribution < -0.4 is 5.56 Å². The number of fused-ring (bicyclic) bond motifs is 1. The van der Waals surface area contributed by atoms with Crippen LogP contribution in [0.3, 0.4) is 0 Å². The highest BCUT2D eigenvalue weighted by Crippen LogP contribution is 2.33. The van der Waals surface area contributed by atoms with Crippen LogP contribution in [0, 0.1) is 11.3 Å². The Hall–Kier alpha value is -1.51. The molecule has 0 aliphatic carbocycles. The van der Waals surface area contributed by atoms with E-state index >= 15 is 0 Å². The summed E-state index contributed by atoms with van der Waals surface area (Å²) < 4.78 is 0.445. The molecule has 70 valence electrons. The molecule has 0 aliphatic heterocycles. The average Bonchev–Trinajstić information content (AvgIpc) is 2.47. The standard InChI is InChI=1S/C8H3ClN2O2S/c9-5-1-3-6(12)4(2-10)7(13)11-8(3)14-5/h1H,(H2,11,12,13). The molecule has 0 unspecified atom stereocenters. The lowest BCUT2D eigenvalue weighted by Crippen LogP contribution is -2.08. The van der Waals surface area contributed by atoms with Crippen LogP contribution in [0.2, 0.25) is 4.34 Å². The second-order valence-corrected chi connectivity index (χ2v) is 4.27. The number of pyridine rings is 1. The quantitative estimate of drug-likeness (QED) is 0.719. The van der Waals surface area contributed by atoms with Gasteiger partial charge in [0, 0.05) is 0 Å². The Balaban J connectivity index is 3.01. The number of nitriles is 1. The van der Waals surface area contributed by atoms with Crippen molar-refractivity contribution >= 4 is 33.2 Å². The molecule has 0 bridgehead atoms. The van der Waals surface area contributed by atoms with Gasteiger partial charge < -0.3 is 10.1 Å². The van der Waals surface area contributed by atoms with Gasteiger partial charge in [-0.2, -0.15) is 5.26 Å². The Morgan fingerprint density at radius 1 is 1.64 bits per heavy atom. The number of nitrogens with one attached hydrogen (secondary N) is 1. The number of aromatic hydroxyl groups is 1. The fourth-order valence-electron chi connectivity index (χ4n) is 1.14. The molecule has 14 heavy (non-hydrogen) atoms. The molecule has 2 N–H and O–H groups in total. The molecule has 6 heteroatoms. The van der Waals surface area contributed by atoms with Crippen molar-refractivity contribution in [2.75, 3.05) is 0 Å². The number of halogens is 1. The highest BCUT2D eigenvalue weighted by atomic mass is 35.5. The van der Waals surface area contributed by atoms with Gasteiger partial charge in [-0.25, -0.2) is 0 Å². The Labute approximate surface area is 87.0 Å². The summed E-state index contributed by atoms with van der Waals surface area (Å²) in [6.07, 6.45) is 0. The van der Waals surface area contributed by atoms with Crippen LogP contribution in [0.4, 0.5) is 0 Å². The first-order valence-corrected chi connectivity index (χ1v) is 4.77. The molecule has 0 amide bonds. The smallest absolute Gasteiger partial charge is 0.270 e. The summed E-state index contributed by atoms with van der Waals surface area (Å²) in [5, 5.41) is 18.6. The lowest BCUT2D eigenvalue weighted by Gasteiger charge is -1.95. The molecule has 0 radical (unpaired) electrons. The number of hydrogen-bond acceptors (Lipinski definition) is 4. The van der Waals surface area contributed by atoms with Crippen molar-refractivity contribution in [3.8, 4) is 11.8 Å². The van der Waals surface area contributed by atoms with Crippen LogP contribution in [0.1, 0.15) is 5.56 Å². The molecule has 2 aromatic rings. The van der Waals surface area contributed by atoms with Gasteiger partial charge in [-0.15, -0.1) is 11.3 Å². The van der Waals surface area contributed by atoms with E-state index in [1.807, 2.05) is 0 Å². The topological polar surface area (TPSA) is 76.9 Å². The third kappa shape index (κ3) is 1.16. The number of H-pyrrole nitrogens is 1. The Morgan fingerprint density at radius 2 is 2.36 bits per heavy atom. The molecule has 0 fully saturated rings. The van der Waals surface area contributed by atoms with Gasteiger partial charge in [-0.05, 0) is 6.07 Å². The third-order valence-electron chi connectivity index (χ3n) is 1.76. The van der Waals surface area contributed by atoms with Crippen LogP contribution >= 0.6 is 22.9 Å². The normalized spacial score (nSPS) is 10.3. The fourth-order valence-corrected chi connectivity index (χ4v) is 2.26. The van der Waals surface area contributed by atoms with Gasteiger partial charge >= 0.3 is 0 Å². The zero-order chi connectivity index (χ0) is 10.3. The molecular formula is C8H3ClN2O2S. The SMILES string of the molecule is N#Cc1c(O)c2cc(Cl)sc2[nH]c1=O. The first-order chi connectivity index (χ1) is 6.63. The lowest BCUT2D eigenvalue weighted by molar-refractivity contribution is 0.479. The van der Waals surface area contributed by atoms with Gasteiger partial charge in [-0.1, -0.05) is 11.6 Å². The van der Waals surface area contributed by atoms with E-state index in [4.69, 9.17) is 16.9 Å². The minimum atomic E-state index is -0.601. The van der Waals surface area contributed by atoms with Gasteiger partial charge in [0.1, 0.15) is 16.6 Å². The van der Waals surface area contributed by atoms with Crippen molar-refractivity contribution in [3.05, 3.63) is 26.3 Å². The van der Waals surface area contributed by atoms with E-state index in [0.29, 0.717) is 14.6 Å². The molecule has 0 saturated carbocycles. The number of thiophene rings is 1. The second-order valence-electron chi connectivity index (χ2n) is 2.58. The van der Waals surface area contributed by atoms with E-state index in [2.05, 4.69) is 4.98 Å². The van der Waals surface area contributed by atoms with E-state index in [0.717, 1.165) is 11.3 Å². The minimum Gasteiger partial charge on any atom is -0.506 e. The number of nitrogens with zero attached hydrogens (tertiary/aromatic N) is 1. The van der Waals surface area contributed by atoms with E-state index in [9.17, 15) is 9.90 Å². The summed E-state index contributed by atoms with van der Waals surface area (Å²) >= 11 is 6.85. The first kappa shape index (κ1) is 9.06. The number of rotatable bonds is 0. The van der Waals surface area contributed by atoms with Gasteiger partial charge in [0.2, 0.25) is 0 Å². The van der Waals surface area contributed by atoms with Gasteiger partial charge in [0.25, 0.3) is 5.56 Å². The van der Waals surface area contributed by atoms with Gasteiger partial charge in [0.05, 0.1) is 9.72 Å². The lowest BCUT2D eigenvalue weighted by atomic mass is 10.2. The summed E-state index contributed by atoms with van der Waals surface area (Å²) in [5.74, 6) is -0.311. The monoisotopic (exact) mass is 226 g/mol. The number of aromatic amines is 1. The molecule has 0 aliphatic rings. The van der Waals surface area contributed by atoms with Crippen molar-refractivity contribution in [2.24, 2.45) is 0 Å². The van der Waals surface area contributed by atoms with Crippen molar-refractivity contribution in [3.63, 3.8) is 0 Å². The van der Waals surface area contributed by atoms with Crippen molar-refractivity contribution in [1.82, 2.24) is 4.98 Å². The van der Waals surface area contributed by atoms with Crippen molar-refractivity contribution in [1.29, 1.82) is 5.26 Å². The predicted molar refractivity (Wildman–Crippen MR) is 53.8 cm³/mol. The van der Waals surface area contributed by atoms with Crippen LogP contribution in [-0.2, 0) is 0 Å². The largest absolute Gasteiger partial charge is 0.506 e. The van der Waals surface area contributed by atoms with Crippen molar-refractivity contribution < 1.29 is 5.11 Å². The molecule has 2 rings (SSSR count). The molecular weight excluding hydrogens is 224 g/mol. The summed E-state index contributed by atoms with van der Waals surface area (Å²) in [4.78, 5) is 14.2. The average molecular weight is 227 g/mol. The summed E-state index contributed by atoms with van der Waals surface area (Å²) in [6.45, 7) is 0. The third-order valence-corrected chi connectivity index (χ3v) is 2.94. The number of hydrogen-bond donors (Lipinski definition) is 2. The first-order valence-electron chi connectivity index (χ1n) is 3.58.